The van der Waals surface area contributed by atoms with Gasteiger partial charge in [0.05, 0.1) is 18.4 Å². The summed E-state index contributed by atoms with van der Waals surface area (Å²) in [5.74, 6) is -2.49. The summed E-state index contributed by atoms with van der Waals surface area (Å²) < 4.78 is 39.9. The molecule has 0 aliphatic heterocycles. The molecule has 4 rings (SSSR count). The van der Waals surface area contributed by atoms with Crippen molar-refractivity contribution >= 4 is 29.1 Å². The molecule has 0 fully saturated rings. The van der Waals surface area contributed by atoms with Gasteiger partial charge in [0.1, 0.15) is 23.9 Å². The van der Waals surface area contributed by atoms with Crippen LogP contribution in [0.15, 0.2) is 60.8 Å². The highest BCUT2D eigenvalue weighted by molar-refractivity contribution is 6.30. The third-order valence-corrected chi connectivity index (χ3v) is 5.60. The predicted octanol–water partition coefficient (Wildman–Crippen LogP) is 4.80. The van der Waals surface area contributed by atoms with E-state index in [-0.39, 0.29) is 29.3 Å². The molecule has 0 saturated carbocycles. The van der Waals surface area contributed by atoms with E-state index in [0.29, 0.717) is 16.3 Å². The Labute approximate surface area is 204 Å². The molecule has 1 amide bonds. The highest BCUT2D eigenvalue weighted by Crippen LogP contribution is 2.25. The summed E-state index contributed by atoms with van der Waals surface area (Å²) >= 11 is 5.93. The first-order chi connectivity index (χ1) is 16.8. The van der Waals surface area contributed by atoms with Crippen LogP contribution in [-0.4, -0.2) is 28.4 Å². The first-order valence-corrected chi connectivity index (χ1v) is 10.9. The summed E-state index contributed by atoms with van der Waals surface area (Å²) in [7, 11) is 1.22. The van der Waals surface area contributed by atoms with Crippen LogP contribution in [0.25, 0.3) is 5.65 Å². The molecule has 1 atom stereocenters. The Morgan fingerprint density at radius 3 is 2.43 bits per heavy atom. The number of nitrogens with zero attached hydrogens (tertiary/aromatic N) is 2. The number of carbonyl (C=O) groups excluding carboxylic acids is 2. The van der Waals surface area contributed by atoms with Crippen LogP contribution in [0.1, 0.15) is 33.4 Å². The lowest BCUT2D eigenvalue weighted by Crippen LogP contribution is -2.35. The van der Waals surface area contributed by atoms with Crippen LogP contribution in [0, 0.1) is 18.6 Å². The Morgan fingerprint density at radius 2 is 1.77 bits per heavy atom. The maximum Gasteiger partial charge on any atom is 0.333 e. The van der Waals surface area contributed by atoms with Gasteiger partial charge in [-0.05, 0) is 48.9 Å². The highest BCUT2D eigenvalue weighted by Gasteiger charge is 2.27. The monoisotopic (exact) mass is 499 g/mol. The van der Waals surface area contributed by atoms with E-state index in [4.69, 9.17) is 21.1 Å². The molecule has 2 heterocycles. The number of imidazole rings is 1. The van der Waals surface area contributed by atoms with Gasteiger partial charge in [0, 0.05) is 11.2 Å². The molecule has 4 aromatic rings. The minimum Gasteiger partial charge on any atom is -0.485 e. The molecule has 7 nitrogen and oxygen atoms in total. The zero-order valence-corrected chi connectivity index (χ0v) is 19.5. The Hall–Kier alpha value is -3.98. The van der Waals surface area contributed by atoms with E-state index in [1.807, 2.05) is 0 Å². The third-order valence-electron chi connectivity index (χ3n) is 5.35. The number of amides is 1. The first-order valence-electron chi connectivity index (χ1n) is 10.5. The molecule has 0 saturated heterocycles. The Bertz CT molecular complexity index is 1390. The van der Waals surface area contributed by atoms with Gasteiger partial charge in [-0.25, -0.2) is 18.6 Å². The lowest BCUT2D eigenvalue weighted by molar-refractivity contribution is -0.143. The van der Waals surface area contributed by atoms with Crippen LogP contribution < -0.4 is 10.1 Å². The SMILES string of the molecule is COC(=O)C(NC(=O)c1c(C)nc2c(OCc3c(F)cccc3F)cccn12)c1ccc(Cl)cc1. The van der Waals surface area contributed by atoms with Crippen LogP contribution in [-0.2, 0) is 16.1 Å². The van der Waals surface area contributed by atoms with Gasteiger partial charge in [0.2, 0.25) is 0 Å². The van der Waals surface area contributed by atoms with E-state index in [2.05, 4.69) is 10.3 Å². The van der Waals surface area contributed by atoms with Crippen LogP contribution in [0.4, 0.5) is 8.78 Å². The Balaban J connectivity index is 1.64. The summed E-state index contributed by atoms with van der Waals surface area (Å²) in [6.45, 7) is 1.25. The number of hydrogen-bond donors (Lipinski definition) is 1. The second kappa shape index (κ2) is 10.1. The Kier molecular flexibility index (Phi) is 6.97. The molecule has 35 heavy (non-hydrogen) atoms. The fourth-order valence-electron chi connectivity index (χ4n) is 3.61. The lowest BCUT2D eigenvalue weighted by Gasteiger charge is -2.17. The number of aromatic nitrogens is 2. The molecule has 2 aromatic heterocycles. The van der Waals surface area contributed by atoms with Crippen molar-refractivity contribution in [2.45, 2.75) is 19.6 Å². The second-order valence-corrected chi connectivity index (χ2v) is 8.02. The molecular formula is C25H20ClF2N3O4. The topological polar surface area (TPSA) is 81.9 Å². The molecule has 0 radical (unpaired) electrons. The standard InChI is InChI=1S/C25H20ClF2N3O4/c1-14-22(24(32)30-21(25(33)34-2)15-8-10-16(26)11-9-15)31-12-4-7-20(23(31)29-14)35-13-17-18(27)5-3-6-19(17)28/h3-12,21H,13H2,1-2H3,(H,30,32). The van der Waals surface area contributed by atoms with Crippen molar-refractivity contribution in [1.29, 1.82) is 0 Å². The van der Waals surface area contributed by atoms with Crippen molar-refractivity contribution in [3.05, 3.63) is 100.0 Å². The molecule has 0 aliphatic carbocycles. The predicted molar refractivity (Wildman–Crippen MR) is 124 cm³/mol. The number of esters is 1. The van der Waals surface area contributed by atoms with Gasteiger partial charge >= 0.3 is 5.97 Å². The fourth-order valence-corrected chi connectivity index (χ4v) is 3.74. The number of halogens is 3. The molecule has 0 aliphatic rings. The summed E-state index contributed by atoms with van der Waals surface area (Å²) in [6.07, 6.45) is 1.59. The number of carbonyl (C=O) groups is 2. The average molecular weight is 500 g/mol. The smallest absolute Gasteiger partial charge is 0.333 e. The van der Waals surface area contributed by atoms with E-state index < -0.39 is 29.6 Å². The largest absolute Gasteiger partial charge is 0.485 e. The lowest BCUT2D eigenvalue weighted by atomic mass is 10.1. The zero-order chi connectivity index (χ0) is 25.1. The first kappa shape index (κ1) is 24.2. The van der Waals surface area contributed by atoms with Gasteiger partial charge in [-0.1, -0.05) is 29.8 Å². The second-order valence-electron chi connectivity index (χ2n) is 7.58. The van der Waals surface area contributed by atoms with Crippen molar-refractivity contribution in [3.63, 3.8) is 0 Å². The summed E-state index contributed by atoms with van der Waals surface area (Å²) in [5, 5.41) is 3.15. The molecule has 2 aromatic carbocycles. The van der Waals surface area contributed by atoms with E-state index in [1.165, 1.54) is 17.6 Å². The number of benzene rings is 2. The minimum atomic E-state index is -1.09. The van der Waals surface area contributed by atoms with Crippen LogP contribution >= 0.6 is 11.6 Å². The zero-order valence-electron chi connectivity index (χ0n) is 18.7. The van der Waals surface area contributed by atoms with Crippen LogP contribution in [0.5, 0.6) is 5.75 Å². The average Bonchev–Trinajstić information content (AvgIpc) is 3.19. The number of ether oxygens (including phenoxy) is 2. The maximum absolute atomic E-state index is 14.0. The summed E-state index contributed by atoms with van der Waals surface area (Å²) in [6, 6.07) is 12.1. The van der Waals surface area contributed by atoms with E-state index >= 15 is 0 Å². The fraction of sp³-hybridized carbons (Fsp3) is 0.160. The summed E-state index contributed by atoms with van der Waals surface area (Å²) in [5.41, 5.74) is 1.05. The van der Waals surface area contributed by atoms with E-state index in [1.54, 1.807) is 49.5 Å². The number of fused-ring (bicyclic) bond motifs is 1. The van der Waals surface area contributed by atoms with Gasteiger partial charge in [-0.15, -0.1) is 0 Å². The number of hydrogen-bond acceptors (Lipinski definition) is 5. The highest BCUT2D eigenvalue weighted by atomic mass is 35.5. The molecule has 1 unspecified atom stereocenters. The van der Waals surface area contributed by atoms with Crippen molar-refractivity contribution in [2.24, 2.45) is 0 Å². The number of methoxy groups -OCH3 is 1. The van der Waals surface area contributed by atoms with Gasteiger partial charge in [-0.2, -0.15) is 0 Å². The quantitative estimate of drug-likeness (QED) is 0.369. The Morgan fingerprint density at radius 1 is 1.09 bits per heavy atom. The normalized spacial score (nSPS) is 11.8. The van der Waals surface area contributed by atoms with E-state index in [9.17, 15) is 18.4 Å². The van der Waals surface area contributed by atoms with Gasteiger partial charge in [0.25, 0.3) is 5.91 Å². The van der Waals surface area contributed by atoms with Crippen LogP contribution in [0.2, 0.25) is 5.02 Å². The number of rotatable bonds is 7. The molecule has 180 valence electrons. The van der Waals surface area contributed by atoms with Crippen molar-refractivity contribution in [3.8, 4) is 5.75 Å². The van der Waals surface area contributed by atoms with Gasteiger partial charge in [0.15, 0.2) is 17.4 Å². The van der Waals surface area contributed by atoms with Crippen molar-refractivity contribution < 1.29 is 27.8 Å². The van der Waals surface area contributed by atoms with E-state index in [0.717, 1.165) is 12.1 Å². The molecule has 0 bridgehead atoms. The number of pyridine rings is 1. The molecule has 10 heteroatoms. The van der Waals surface area contributed by atoms with Crippen LogP contribution in [0.3, 0.4) is 0 Å². The molecule has 0 spiro atoms. The molecule has 1 N–H and O–H groups in total. The van der Waals surface area contributed by atoms with Gasteiger partial charge in [-0.3, -0.25) is 9.20 Å². The van der Waals surface area contributed by atoms with Gasteiger partial charge < -0.3 is 14.8 Å². The molecular weight excluding hydrogens is 480 g/mol. The maximum atomic E-state index is 14.0. The van der Waals surface area contributed by atoms with Crippen molar-refractivity contribution in [1.82, 2.24) is 14.7 Å². The number of aryl methyl sites for hydroxylation is 1. The van der Waals surface area contributed by atoms with Crippen molar-refractivity contribution in [2.75, 3.05) is 7.11 Å². The number of nitrogens with one attached hydrogen (secondary N) is 1. The minimum absolute atomic E-state index is 0.158. The third kappa shape index (κ3) is 4.95. The summed E-state index contributed by atoms with van der Waals surface area (Å²) in [4.78, 5) is 30.1.